The van der Waals surface area contributed by atoms with Crippen LogP contribution < -0.4 is 10.6 Å². The molecule has 3 N–H and O–H groups in total. The predicted molar refractivity (Wildman–Crippen MR) is 145 cm³/mol. The average molecular weight is 531 g/mol. The molecule has 0 aliphatic heterocycles. The Kier molecular flexibility index (Phi) is 7.99. The normalized spacial score (nSPS) is 13.0. The van der Waals surface area contributed by atoms with Crippen LogP contribution in [0.5, 0.6) is 0 Å². The van der Waals surface area contributed by atoms with Crippen molar-refractivity contribution in [1.29, 1.82) is 0 Å². The molecule has 0 bridgehead atoms. The Labute approximate surface area is 226 Å². The zero-order valence-corrected chi connectivity index (χ0v) is 21.9. The molecule has 0 saturated carbocycles. The van der Waals surface area contributed by atoms with Crippen molar-refractivity contribution in [1.82, 2.24) is 5.32 Å². The highest BCUT2D eigenvalue weighted by atomic mass is 16.6. The number of carbonyl (C=O) groups excluding carboxylic acids is 3. The third-order valence-electron chi connectivity index (χ3n) is 6.19. The molecule has 0 aromatic heterocycles. The number of para-hydroxylation sites is 1. The lowest BCUT2D eigenvalue weighted by atomic mass is 9.98. The van der Waals surface area contributed by atoms with E-state index in [-0.39, 0.29) is 23.8 Å². The van der Waals surface area contributed by atoms with Gasteiger partial charge in [-0.1, -0.05) is 60.7 Å². The summed E-state index contributed by atoms with van der Waals surface area (Å²) >= 11 is 0. The lowest BCUT2D eigenvalue weighted by molar-refractivity contribution is -0.139. The molecule has 0 heterocycles. The van der Waals surface area contributed by atoms with Gasteiger partial charge in [0.15, 0.2) is 5.78 Å². The number of rotatable bonds is 8. The zero-order valence-electron chi connectivity index (χ0n) is 21.9. The molecule has 0 radical (unpaired) electrons. The van der Waals surface area contributed by atoms with Crippen LogP contribution in [0.1, 0.15) is 54.6 Å². The number of amides is 2. The van der Waals surface area contributed by atoms with Crippen molar-refractivity contribution in [2.24, 2.45) is 0 Å². The van der Waals surface area contributed by atoms with E-state index >= 15 is 0 Å². The summed E-state index contributed by atoms with van der Waals surface area (Å²) in [6.45, 7) is 5.12. The number of hydrogen-bond donors (Lipinski definition) is 3. The van der Waals surface area contributed by atoms with Crippen molar-refractivity contribution in [3.8, 4) is 11.1 Å². The molecule has 2 amide bonds. The maximum atomic E-state index is 13.0. The summed E-state index contributed by atoms with van der Waals surface area (Å²) in [6.07, 6.45) is -2.25. The number of carboxylic acids is 1. The summed E-state index contributed by atoms with van der Waals surface area (Å²) in [5, 5.41) is 14.5. The molecule has 39 heavy (non-hydrogen) atoms. The fourth-order valence-corrected chi connectivity index (χ4v) is 4.53. The number of carboxylic acid groups (broad SMARTS) is 1. The van der Waals surface area contributed by atoms with Gasteiger partial charge < -0.3 is 19.9 Å². The van der Waals surface area contributed by atoms with Gasteiger partial charge in [0.1, 0.15) is 18.2 Å². The van der Waals surface area contributed by atoms with Gasteiger partial charge in [-0.25, -0.2) is 14.4 Å². The lowest BCUT2D eigenvalue weighted by Crippen LogP contribution is -2.42. The zero-order chi connectivity index (χ0) is 28.2. The lowest BCUT2D eigenvalue weighted by Gasteiger charge is -2.20. The molecular weight excluding hydrogens is 500 g/mol. The van der Waals surface area contributed by atoms with Crippen molar-refractivity contribution in [2.45, 2.75) is 44.8 Å². The highest BCUT2D eigenvalue weighted by molar-refractivity contribution is 6.05. The number of aliphatic carboxylic acids is 1. The number of hydrogen-bond acceptors (Lipinski definition) is 6. The van der Waals surface area contributed by atoms with E-state index in [1.54, 1.807) is 32.9 Å². The fourth-order valence-electron chi connectivity index (χ4n) is 4.53. The van der Waals surface area contributed by atoms with Crippen molar-refractivity contribution in [3.05, 3.63) is 89.5 Å². The number of carbonyl (C=O) groups is 4. The predicted octanol–water partition coefficient (Wildman–Crippen LogP) is 5.60. The van der Waals surface area contributed by atoms with E-state index in [0.717, 1.165) is 22.3 Å². The SMILES string of the molecule is CC(C)(C)OC(=O)Nc1ccccc1C(=O)C[C@H](NC(=O)OCC1c2ccccc2-c2ccccc21)C(=O)O. The summed E-state index contributed by atoms with van der Waals surface area (Å²) in [4.78, 5) is 49.7. The molecule has 3 aromatic rings. The third kappa shape index (κ3) is 6.62. The quantitative estimate of drug-likeness (QED) is 0.323. The van der Waals surface area contributed by atoms with E-state index < -0.39 is 42.0 Å². The first-order chi connectivity index (χ1) is 18.5. The van der Waals surface area contributed by atoms with Crippen LogP contribution >= 0.6 is 0 Å². The van der Waals surface area contributed by atoms with E-state index in [9.17, 15) is 24.3 Å². The van der Waals surface area contributed by atoms with Crippen LogP contribution in [0, 0.1) is 0 Å². The Morgan fingerprint density at radius 1 is 0.846 bits per heavy atom. The van der Waals surface area contributed by atoms with E-state index in [0.29, 0.717) is 0 Å². The molecule has 202 valence electrons. The van der Waals surface area contributed by atoms with Crippen molar-refractivity contribution in [2.75, 3.05) is 11.9 Å². The fraction of sp³-hybridized carbons (Fsp3) is 0.267. The van der Waals surface area contributed by atoms with Gasteiger partial charge in [0.2, 0.25) is 0 Å². The highest BCUT2D eigenvalue weighted by Crippen LogP contribution is 2.44. The van der Waals surface area contributed by atoms with Gasteiger partial charge in [0, 0.05) is 17.9 Å². The minimum atomic E-state index is -1.54. The second-order valence-corrected chi connectivity index (χ2v) is 10.2. The first-order valence-corrected chi connectivity index (χ1v) is 12.5. The largest absolute Gasteiger partial charge is 0.480 e. The van der Waals surface area contributed by atoms with Crippen molar-refractivity contribution < 1.29 is 33.8 Å². The summed E-state index contributed by atoms with van der Waals surface area (Å²) in [5.74, 6) is -2.18. The molecule has 9 nitrogen and oxygen atoms in total. The third-order valence-corrected chi connectivity index (χ3v) is 6.19. The molecule has 0 unspecified atom stereocenters. The Morgan fingerprint density at radius 3 is 2.00 bits per heavy atom. The molecular formula is C30H30N2O7. The summed E-state index contributed by atoms with van der Waals surface area (Å²) < 4.78 is 10.7. The van der Waals surface area contributed by atoms with Crippen LogP contribution in [0.4, 0.5) is 15.3 Å². The Hall–Kier alpha value is -4.66. The molecule has 1 atom stereocenters. The van der Waals surface area contributed by atoms with Crippen LogP contribution in [0.2, 0.25) is 0 Å². The van der Waals surface area contributed by atoms with Gasteiger partial charge in [-0.05, 0) is 55.2 Å². The number of benzene rings is 3. The molecule has 9 heteroatoms. The number of ketones is 1. The smallest absolute Gasteiger partial charge is 0.412 e. The van der Waals surface area contributed by atoms with Gasteiger partial charge in [-0.2, -0.15) is 0 Å². The summed E-state index contributed by atoms with van der Waals surface area (Å²) in [6, 6.07) is 20.3. The second-order valence-electron chi connectivity index (χ2n) is 10.2. The molecule has 4 rings (SSSR count). The monoisotopic (exact) mass is 530 g/mol. The number of anilines is 1. The number of Topliss-reactive ketones (excluding diaryl/α,β-unsaturated/α-hetero) is 1. The van der Waals surface area contributed by atoms with E-state index in [2.05, 4.69) is 10.6 Å². The maximum absolute atomic E-state index is 13.0. The highest BCUT2D eigenvalue weighted by Gasteiger charge is 2.30. The standard InChI is InChI=1S/C30H30N2O7/c1-30(2,3)39-29(37)31-24-15-9-8-14-22(24)26(33)16-25(27(34)35)32-28(36)38-17-23-20-12-6-4-10-18(20)19-11-5-7-13-21(19)23/h4-15,23,25H,16-17H2,1-3H3,(H,31,37)(H,32,36)(H,34,35)/t25-/m0/s1. The van der Waals surface area contributed by atoms with Gasteiger partial charge >= 0.3 is 18.2 Å². The number of nitrogens with one attached hydrogen (secondary N) is 2. The van der Waals surface area contributed by atoms with E-state index in [1.165, 1.54) is 12.1 Å². The molecule has 3 aromatic carbocycles. The molecule has 0 spiro atoms. The van der Waals surface area contributed by atoms with E-state index in [1.807, 2.05) is 48.5 Å². The Balaban J connectivity index is 1.40. The maximum Gasteiger partial charge on any atom is 0.412 e. The summed E-state index contributed by atoms with van der Waals surface area (Å²) in [7, 11) is 0. The van der Waals surface area contributed by atoms with Crippen molar-refractivity contribution >= 4 is 29.6 Å². The first-order valence-electron chi connectivity index (χ1n) is 12.5. The van der Waals surface area contributed by atoms with Crippen LogP contribution in [0.25, 0.3) is 11.1 Å². The number of fused-ring (bicyclic) bond motifs is 3. The molecule has 0 fully saturated rings. The number of ether oxygens (including phenoxy) is 2. The summed E-state index contributed by atoms with van der Waals surface area (Å²) in [5.41, 5.74) is 3.68. The number of alkyl carbamates (subject to hydrolysis) is 1. The van der Waals surface area contributed by atoms with Crippen molar-refractivity contribution in [3.63, 3.8) is 0 Å². The van der Waals surface area contributed by atoms with Gasteiger partial charge in [-0.3, -0.25) is 10.1 Å². The van der Waals surface area contributed by atoms with Gasteiger partial charge in [0.25, 0.3) is 0 Å². The average Bonchev–Trinajstić information content (AvgIpc) is 3.20. The minimum absolute atomic E-state index is 0.00277. The second kappa shape index (κ2) is 11.4. The molecule has 1 aliphatic carbocycles. The Bertz CT molecular complexity index is 1360. The van der Waals surface area contributed by atoms with Crippen LogP contribution in [0.15, 0.2) is 72.8 Å². The van der Waals surface area contributed by atoms with Gasteiger partial charge in [-0.15, -0.1) is 0 Å². The van der Waals surface area contributed by atoms with Crippen LogP contribution in [-0.4, -0.2) is 47.3 Å². The van der Waals surface area contributed by atoms with Crippen LogP contribution in [0.3, 0.4) is 0 Å². The minimum Gasteiger partial charge on any atom is -0.480 e. The molecule has 0 saturated heterocycles. The molecule has 1 aliphatic rings. The van der Waals surface area contributed by atoms with Crippen LogP contribution in [-0.2, 0) is 14.3 Å². The van der Waals surface area contributed by atoms with Gasteiger partial charge in [0.05, 0.1) is 5.69 Å². The first kappa shape index (κ1) is 27.4. The Morgan fingerprint density at radius 2 is 1.41 bits per heavy atom. The topological polar surface area (TPSA) is 131 Å². The van der Waals surface area contributed by atoms with E-state index in [4.69, 9.17) is 9.47 Å².